The normalized spacial score (nSPS) is 51.3. The Morgan fingerprint density at radius 3 is 2.47 bits per heavy atom. The lowest BCUT2D eigenvalue weighted by atomic mass is 10.0. The summed E-state index contributed by atoms with van der Waals surface area (Å²) in [5.74, 6) is 4.60. The molecular formula is C16H26N2O. The van der Waals surface area contributed by atoms with Gasteiger partial charge >= 0.3 is 0 Å². The Bertz CT molecular complexity index is 392. The molecular weight excluding hydrogens is 236 g/mol. The van der Waals surface area contributed by atoms with Crippen LogP contribution in [0.15, 0.2) is 0 Å². The number of carbonyl (C=O) groups excluding carboxylic acids is 1. The van der Waals surface area contributed by atoms with Gasteiger partial charge in [-0.3, -0.25) is 10.1 Å². The Morgan fingerprint density at radius 1 is 1.26 bits per heavy atom. The molecule has 1 N–H and O–H groups in total. The number of amides is 1. The molecule has 0 radical (unpaired) electrons. The third-order valence-electron chi connectivity index (χ3n) is 6.14. The maximum absolute atomic E-state index is 12.7. The molecule has 6 unspecified atom stereocenters. The van der Waals surface area contributed by atoms with Crippen LogP contribution in [0.5, 0.6) is 0 Å². The van der Waals surface area contributed by atoms with Crippen LogP contribution in [0.3, 0.4) is 0 Å². The summed E-state index contributed by atoms with van der Waals surface area (Å²) in [5.41, 5.74) is 0. The van der Waals surface area contributed by atoms with E-state index in [4.69, 9.17) is 0 Å². The van der Waals surface area contributed by atoms with Crippen molar-refractivity contribution in [2.75, 3.05) is 0 Å². The van der Waals surface area contributed by atoms with Gasteiger partial charge in [-0.2, -0.15) is 0 Å². The molecule has 0 aromatic carbocycles. The molecule has 4 fully saturated rings. The maximum Gasteiger partial charge on any atom is 0.241 e. The molecule has 4 aliphatic rings. The number of fused-ring (bicyclic) bond motifs is 5. The van der Waals surface area contributed by atoms with Gasteiger partial charge in [-0.15, -0.1) is 0 Å². The molecule has 6 atom stereocenters. The van der Waals surface area contributed by atoms with E-state index >= 15 is 0 Å². The van der Waals surface area contributed by atoms with Crippen molar-refractivity contribution < 1.29 is 4.79 Å². The molecule has 0 aromatic rings. The van der Waals surface area contributed by atoms with Crippen LogP contribution in [0.2, 0.25) is 0 Å². The SMILES string of the molecule is CC(C)CC1NC(C)N(C2C3C4CCC(C4)C32)C1=O. The Kier molecular flexibility index (Phi) is 2.55. The third-order valence-corrected chi connectivity index (χ3v) is 6.14. The van der Waals surface area contributed by atoms with E-state index in [1.165, 1.54) is 19.3 Å². The highest BCUT2D eigenvalue weighted by atomic mass is 16.2. The van der Waals surface area contributed by atoms with Gasteiger partial charge in [-0.05, 0) is 62.2 Å². The Labute approximate surface area is 116 Å². The van der Waals surface area contributed by atoms with Crippen molar-refractivity contribution >= 4 is 5.91 Å². The van der Waals surface area contributed by atoms with Crippen molar-refractivity contribution in [2.45, 2.75) is 64.7 Å². The number of hydrogen-bond acceptors (Lipinski definition) is 2. The van der Waals surface area contributed by atoms with Crippen LogP contribution in [0.4, 0.5) is 0 Å². The number of rotatable bonds is 3. The molecule has 3 saturated carbocycles. The molecule has 2 bridgehead atoms. The van der Waals surface area contributed by atoms with Crippen molar-refractivity contribution in [2.24, 2.45) is 29.6 Å². The molecule has 3 nitrogen and oxygen atoms in total. The van der Waals surface area contributed by atoms with Crippen molar-refractivity contribution in [1.82, 2.24) is 10.2 Å². The first-order chi connectivity index (χ1) is 9.08. The first-order valence-electron chi connectivity index (χ1n) is 8.16. The van der Waals surface area contributed by atoms with E-state index < -0.39 is 0 Å². The van der Waals surface area contributed by atoms with E-state index in [9.17, 15) is 4.79 Å². The first kappa shape index (κ1) is 12.2. The van der Waals surface area contributed by atoms with E-state index in [0.717, 1.165) is 30.1 Å². The Hall–Kier alpha value is -0.570. The minimum Gasteiger partial charge on any atom is -0.322 e. The van der Waals surface area contributed by atoms with Gasteiger partial charge in [-0.1, -0.05) is 13.8 Å². The second kappa shape index (κ2) is 3.97. The summed E-state index contributed by atoms with van der Waals surface area (Å²) in [7, 11) is 0. The highest BCUT2D eigenvalue weighted by Crippen LogP contribution is 2.67. The smallest absolute Gasteiger partial charge is 0.241 e. The molecule has 3 heteroatoms. The number of nitrogens with one attached hydrogen (secondary N) is 1. The van der Waals surface area contributed by atoms with Crippen LogP contribution in [-0.2, 0) is 4.79 Å². The summed E-state index contributed by atoms with van der Waals surface area (Å²) >= 11 is 0. The predicted molar refractivity (Wildman–Crippen MR) is 74.3 cm³/mol. The predicted octanol–water partition coefficient (Wildman–Crippen LogP) is 2.22. The summed E-state index contributed by atoms with van der Waals surface area (Å²) in [6.45, 7) is 6.58. The van der Waals surface area contributed by atoms with E-state index in [0.29, 0.717) is 17.9 Å². The average Bonchev–Trinajstić information content (AvgIpc) is 2.68. The summed E-state index contributed by atoms with van der Waals surface area (Å²) in [5, 5.41) is 3.52. The average molecular weight is 262 g/mol. The molecule has 0 aromatic heterocycles. The van der Waals surface area contributed by atoms with Gasteiger partial charge in [0.1, 0.15) is 0 Å². The van der Waals surface area contributed by atoms with Crippen LogP contribution < -0.4 is 5.32 Å². The second-order valence-corrected chi connectivity index (χ2v) is 7.75. The lowest BCUT2D eigenvalue weighted by Gasteiger charge is -2.24. The first-order valence-corrected chi connectivity index (χ1v) is 8.16. The second-order valence-electron chi connectivity index (χ2n) is 7.75. The lowest BCUT2D eigenvalue weighted by molar-refractivity contribution is -0.131. The Balaban J connectivity index is 1.49. The molecule has 1 heterocycles. The fraction of sp³-hybridized carbons (Fsp3) is 0.938. The topological polar surface area (TPSA) is 32.3 Å². The van der Waals surface area contributed by atoms with Crippen molar-refractivity contribution in [3.05, 3.63) is 0 Å². The Morgan fingerprint density at radius 2 is 1.89 bits per heavy atom. The summed E-state index contributed by atoms with van der Waals surface area (Å²) in [6.07, 6.45) is 5.56. The lowest BCUT2D eigenvalue weighted by Crippen LogP contribution is -2.39. The van der Waals surface area contributed by atoms with Crippen molar-refractivity contribution in [3.8, 4) is 0 Å². The van der Waals surface area contributed by atoms with Crippen molar-refractivity contribution in [3.63, 3.8) is 0 Å². The van der Waals surface area contributed by atoms with E-state index in [2.05, 4.69) is 31.0 Å². The standard InChI is InChI=1S/C16H26N2O/c1-8(2)6-12-16(19)18(9(3)17-12)15-13-10-4-5-11(7-10)14(13)15/h8-15,17H,4-7H2,1-3H3. The third kappa shape index (κ3) is 1.63. The van der Waals surface area contributed by atoms with E-state index in [1.807, 2.05) is 0 Å². The molecule has 19 heavy (non-hydrogen) atoms. The largest absolute Gasteiger partial charge is 0.322 e. The van der Waals surface area contributed by atoms with Gasteiger partial charge in [-0.25, -0.2) is 0 Å². The van der Waals surface area contributed by atoms with Gasteiger partial charge in [0.15, 0.2) is 0 Å². The molecule has 1 amide bonds. The number of carbonyl (C=O) groups is 1. The number of hydrogen-bond donors (Lipinski definition) is 1. The van der Waals surface area contributed by atoms with Crippen LogP contribution in [-0.4, -0.2) is 29.1 Å². The minimum atomic E-state index is 0.0778. The fourth-order valence-electron chi connectivity index (χ4n) is 5.51. The van der Waals surface area contributed by atoms with Crippen LogP contribution in [0, 0.1) is 29.6 Å². The summed E-state index contributed by atoms with van der Waals surface area (Å²) in [4.78, 5) is 14.9. The fourth-order valence-corrected chi connectivity index (χ4v) is 5.51. The zero-order valence-electron chi connectivity index (χ0n) is 12.3. The minimum absolute atomic E-state index is 0.0778. The zero-order valence-corrected chi connectivity index (χ0v) is 12.3. The van der Waals surface area contributed by atoms with Crippen LogP contribution >= 0.6 is 0 Å². The van der Waals surface area contributed by atoms with E-state index in [1.54, 1.807) is 0 Å². The highest BCUT2D eigenvalue weighted by molar-refractivity contribution is 5.85. The van der Waals surface area contributed by atoms with Crippen molar-refractivity contribution in [1.29, 1.82) is 0 Å². The maximum atomic E-state index is 12.7. The highest BCUT2D eigenvalue weighted by Gasteiger charge is 2.68. The van der Waals surface area contributed by atoms with E-state index in [-0.39, 0.29) is 12.2 Å². The van der Waals surface area contributed by atoms with Gasteiger partial charge in [0, 0.05) is 6.04 Å². The number of nitrogens with zero attached hydrogens (tertiary/aromatic N) is 1. The van der Waals surface area contributed by atoms with Crippen LogP contribution in [0.25, 0.3) is 0 Å². The van der Waals surface area contributed by atoms with Gasteiger partial charge < -0.3 is 4.90 Å². The van der Waals surface area contributed by atoms with Gasteiger partial charge in [0.2, 0.25) is 5.91 Å². The molecule has 1 saturated heterocycles. The molecule has 3 aliphatic carbocycles. The van der Waals surface area contributed by atoms with Gasteiger partial charge in [0.25, 0.3) is 0 Å². The summed E-state index contributed by atoms with van der Waals surface area (Å²) < 4.78 is 0. The molecule has 4 rings (SSSR count). The molecule has 0 spiro atoms. The summed E-state index contributed by atoms with van der Waals surface area (Å²) in [6, 6.07) is 0.674. The molecule has 106 valence electrons. The quantitative estimate of drug-likeness (QED) is 0.846. The van der Waals surface area contributed by atoms with Gasteiger partial charge in [0.05, 0.1) is 12.2 Å². The van der Waals surface area contributed by atoms with Crippen LogP contribution in [0.1, 0.15) is 46.5 Å². The zero-order chi connectivity index (χ0) is 13.3. The molecule has 1 aliphatic heterocycles. The monoisotopic (exact) mass is 262 g/mol.